The van der Waals surface area contributed by atoms with Gasteiger partial charge in [-0.1, -0.05) is 38.8 Å². The van der Waals surface area contributed by atoms with Crippen LogP contribution in [0.25, 0.3) is 11.0 Å². The van der Waals surface area contributed by atoms with E-state index in [1.54, 1.807) is 0 Å². The monoisotopic (exact) mass is 271 g/mol. The molecule has 1 unspecified atom stereocenters. The van der Waals surface area contributed by atoms with Crippen molar-refractivity contribution in [1.82, 2.24) is 14.9 Å². The average Bonchev–Trinajstić information content (AvgIpc) is 2.74. The molecule has 0 radical (unpaired) electrons. The van der Waals surface area contributed by atoms with Crippen molar-refractivity contribution in [3.63, 3.8) is 0 Å². The second-order valence-corrected chi connectivity index (χ2v) is 6.74. The Morgan fingerprint density at radius 3 is 2.85 bits per heavy atom. The Labute approximate surface area is 121 Å². The third-order valence-electron chi connectivity index (χ3n) is 4.89. The minimum Gasteiger partial charge on any atom is -0.330 e. The van der Waals surface area contributed by atoms with Gasteiger partial charge in [-0.2, -0.15) is 0 Å². The van der Waals surface area contributed by atoms with E-state index in [0.717, 1.165) is 17.9 Å². The number of aromatic nitrogens is 2. The van der Waals surface area contributed by atoms with Gasteiger partial charge in [-0.25, -0.2) is 4.98 Å². The lowest BCUT2D eigenvalue weighted by Gasteiger charge is -2.39. The largest absolute Gasteiger partial charge is 0.330 e. The van der Waals surface area contributed by atoms with Crippen LogP contribution in [0.5, 0.6) is 0 Å². The molecule has 1 heterocycles. The first-order valence-electron chi connectivity index (χ1n) is 7.72. The molecule has 0 aliphatic heterocycles. The Balaban J connectivity index is 1.75. The van der Waals surface area contributed by atoms with E-state index in [1.165, 1.54) is 31.2 Å². The number of fused-ring (bicyclic) bond motifs is 1. The van der Waals surface area contributed by atoms with E-state index in [0.29, 0.717) is 11.5 Å². The molecule has 1 saturated carbocycles. The van der Waals surface area contributed by atoms with Crippen LogP contribution in [0.15, 0.2) is 24.3 Å². The van der Waals surface area contributed by atoms with E-state index in [4.69, 9.17) is 4.98 Å². The van der Waals surface area contributed by atoms with Crippen LogP contribution in [0.2, 0.25) is 0 Å². The Kier molecular flexibility index (Phi) is 3.55. The minimum absolute atomic E-state index is 0.406. The summed E-state index contributed by atoms with van der Waals surface area (Å²) in [6.45, 7) is 5.64. The number of para-hydroxylation sites is 2. The predicted octanol–water partition coefficient (Wildman–Crippen LogP) is 3.63. The molecule has 1 atom stereocenters. The first kappa shape index (κ1) is 13.6. The molecule has 0 saturated heterocycles. The molecule has 3 heteroatoms. The topological polar surface area (TPSA) is 29.9 Å². The molecule has 1 N–H and O–H groups in total. The summed E-state index contributed by atoms with van der Waals surface area (Å²) in [5.74, 6) is 1.13. The van der Waals surface area contributed by atoms with Crippen molar-refractivity contribution in [2.24, 2.45) is 12.5 Å². The van der Waals surface area contributed by atoms with Crippen LogP contribution < -0.4 is 5.32 Å². The SMILES string of the molecule is Cn1c(CNC2CCCCC2(C)C)nc2ccccc21. The number of hydrogen-bond acceptors (Lipinski definition) is 2. The summed E-state index contributed by atoms with van der Waals surface area (Å²) in [4.78, 5) is 4.74. The quantitative estimate of drug-likeness (QED) is 0.924. The van der Waals surface area contributed by atoms with Gasteiger partial charge in [-0.15, -0.1) is 0 Å². The Morgan fingerprint density at radius 2 is 2.10 bits per heavy atom. The number of benzene rings is 1. The summed E-state index contributed by atoms with van der Waals surface area (Å²) >= 11 is 0. The molecule has 2 aromatic rings. The van der Waals surface area contributed by atoms with Crippen LogP contribution in [-0.2, 0) is 13.6 Å². The fourth-order valence-corrected chi connectivity index (χ4v) is 3.44. The van der Waals surface area contributed by atoms with Crippen molar-refractivity contribution in [2.45, 2.75) is 52.1 Å². The lowest BCUT2D eigenvalue weighted by atomic mass is 9.73. The Morgan fingerprint density at radius 1 is 1.30 bits per heavy atom. The first-order chi connectivity index (χ1) is 9.58. The Bertz CT molecular complexity index is 597. The molecule has 1 aromatic heterocycles. The average molecular weight is 271 g/mol. The molecule has 0 spiro atoms. The lowest BCUT2D eigenvalue weighted by molar-refractivity contribution is 0.165. The van der Waals surface area contributed by atoms with Gasteiger partial charge < -0.3 is 9.88 Å². The molecule has 3 rings (SSSR count). The number of nitrogens with one attached hydrogen (secondary N) is 1. The van der Waals surface area contributed by atoms with Gasteiger partial charge in [0.25, 0.3) is 0 Å². The van der Waals surface area contributed by atoms with E-state index in [2.05, 4.69) is 55.0 Å². The maximum atomic E-state index is 4.74. The molecule has 1 aliphatic carbocycles. The molecule has 20 heavy (non-hydrogen) atoms. The van der Waals surface area contributed by atoms with Crippen molar-refractivity contribution in [3.8, 4) is 0 Å². The highest BCUT2D eigenvalue weighted by Crippen LogP contribution is 2.35. The summed E-state index contributed by atoms with van der Waals surface area (Å²) in [7, 11) is 2.11. The molecule has 1 aromatic carbocycles. The van der Waals surface area contributed by atoms with Crippen LogP contribution in [0, 0.1) is 5.41 Å². The maximum Gasteiger partial charge on any atom is 0.123 e. The van der Waals surface area contributed by atoms with Gasteiger partial charge in [0.2, 0.25) is 0 Å². The fourth-order valence-electron chi connectivity index (χ4n) is 3.44. The number of rotatable bonds is 3. The van der Waals surface area contributed by atoms with Crippen molar-refractivity contribution < 1.29 is 0 Å². The second-order valence-electron chi connectivity index (χ2n) is 6.74. The summed E-state index contributed by atoms with van der Waals surface area (Å²) in [5.41, 5.74) is 2.71. The van der Waals surface area contributed by atoms with Gasteiger partial charge >= 0.3 is 0 Å². The molecule has 0 amide bonds. The van der Waals surface area contributed by atoms with E-state index in [-0.39, 0.29) is 0 Å². The van der Waals surface area contributed by atoms with Gasteiger partial charge in [0.15, 0.2) is 0 Å². The Hall–Kier alpha value is -1.35. The zero-order valence-electron chi connectivity index (χ0n) is 12.8. The van der Waals surface area contributed by atoms with Crippen LogP contribution in [-0.4, -0.2) is 15.6 Å². The standard InChI is InChI=1S/C17H25N3/c1-17(2)11-7-6-10-15(17)18-12-16-19-13-8-4-5-9-14(13)20(16)3/h4-5,8-9,15,18H,6-7,10-12H2,1-3H3. The van der Waals surface area contributed by atoms with Gasteiger partial charge in [0.05, 0.1) is 17.6 Å². The summed E-state index contributed by atoms with van der Waals surface area (Å²) in [6.07, 6.45) is 5.34. The summed E-state index contributed by atoms with van der Waals surface area (Å²) in [6, 6.07) is 8.96. The minimum atomic E-state index is 0.406. The van der Waals surface area contributed by atoms with Gasteiger partial charge in [-0.3, -0.25) is 0 Å². The third kappa shape index (κ3) is 2.47. The second kappa shape index (κ2) is 5.21. The highest BCUT2D eigenvalue weighted by atomic mass is 15.1. The van der Waals surface area contributed by atoms with E-state index in [1.807, 2.05) is 0 Å². The van der Waals surface area contributed by atoms with Crippen molar-refractivity contribution in [1.29, 1.82) is 0 Å². The van der Waals surface area contributed by atoms with Crippen molar-refractivity contribution >= 4 is 11.0 Å². The summed E-state index contributed by atoms with van der Waals surface area (Å²) in [5, 5.41) is 3.75. The molecule has 1 aliphatic rings. The molecular formula is C17H25N3. The highest BCUT2D eigenvalue weighted by Gasteiger charge is 2.31. The predicted molar refractivity (Wildman–Crippen MR) is 83.6 cm³/mol. The fraction of sp³-hybridized carbons (Fsp3) is 0.588. The maximum absolute atomic E-state index is 4.74. The van der Waals surface area contributed by atoms with Crippen LogP contribution >= 0.6 is 0 Å². The van der Waals surface area contributed by atoms with E-state index in [9.17, 15) is 0 Å². The van der Waals surface area contributed by atoms with Gasteiger partial charge in [0.1, 0.15) is 5.82 Å². The van der Waals surface area contributed by atoms with Crippen molar-refractivity contribution in [3.05, 3.63) is 30.1 Å². The first-order valence-corrected chi connectivity index (χ1v) is 7.72. The molecule has 108 valence electrons. The molecule has 0 bridgehead atoms. The molecular weight excluding hydrogens is 246 g/mol. The van der Waals surface area contributed by atoms with Gasteiger partial charge in [-0.05, 0) is 30.4 Å². The van der Waals surface area contributed by atoms with Gasteiger partial charge in [0, 0.05) is 13.1 Å². The summed E-state index contributed by atoms with van der Waals surface area (Å²) < 4.78 is 2.21. The zero-order chi connectivity index (χ0) is 14.2. The zero-order valence-corrected chi connectivity index (χ0v) is 12.8. The van der Waals surface area contributed by atoms with Crippen molar-refractivity contribution in [2.75, 3.05) is 0 Å². The number of imidazole rings is 1. The number of aryl methyl sites for hydroxylation is 1. The molecule has 3 nitrogen and oxygen atoms in total. The van der Waals surface area contributed by atoms with Crippen LogP contribution in [0.1, 0.15) is 45.4 Å². The number of hydrogen-bond donors (Lipinski definition) is 1. The van der Waals surface area contributed by atoms with Crippen LogP contribution in [0.3, 0.4) is 0 Å². The normalized spacial score (nSPS) is 22.2. The lowest BCUT2D eigenvalue weighted by Crippen LogP contribution is -2.44. The third-order valence-corrected chi connectivity index (χ3v) is 4.89. The molecule has 1 fully saturated rings. The highest BCUT2D eigenvalue weighted by molar-refractivity contribution is 5.75. The number of nitrogens with zero attached hydrogens (tertiary/aromatic N) is 2. The van der Waals surface area contributed by atoms with E-state index >= 15 is 0 Å². The smallest absolute Gasteiger partial charge is 0.123 e. The van der Waals surface area contributed by atoms with Crippen LogP contribution in [0.4, 0.5) is 0 Å². The van der Waals surface area contributed by atoms with E-state index < -0.39 is 0 Å².